The van der Waals surface area contributed by atoms with Crippen LogP contribution < -0.4 is 5.32 Å². The standard InChI is InChI=1S/C10H13NO2/c1-8(2)11-10(12)6-5-9-4-3-7-13-9/h3-8H,1-2H3,(H,11,12). The average Bonchev–Trinajstić information content (AvgIpc) is 2.51. The van der Waals surface area contributed by atoms with Gasteiger partial charge in [0, 0.05) is 12.1 Å². The maximum absolute atomic E-state index is 11.1. The summed E-state index contributed by atoms with van der Waals surface area (Å²) in [6.07, 6.45) is 4.66. The van der Waals surface area contributed by atoms with E-state index in [-0.39, 0.29) is 11.9 Å². The third-order valence-electron chi connectivity index (χ3n) is 1.37. The highest BCUT2D eigenvalue weighted by atomic mass is 16.3. The fourth-order valence-electron chi connectivity index (χ4n) is 0.877. The van der Waals surface area contributed by atoms with Crippen molar-refractivity contribution in [3.05, 3.63) is 30.2 Å². The maximum Gasteiger partial charge on any atom is 0.244 e. The van der Waals surface area contributed by atoms with E-state index in [1.807, 2.05) is 13.8 Å². The van der Waals surface area contributed by atoms with E-state index in [9.17, 15) is 4.79 Å². The Morgan fingerprint density at radius 1 is 1.62 bits per heavy atom. The molecule has 3 heteroatoms. The fourth-order valence-corrected chi connectivity index (χ4v) is 0.877. The van der Waals surface area contributed by atoms with Gasteiger partial charge in [-0.1, -0.05) is 0 Å². The molecule has 1 amide bonds. The van der Waals surface area contributed by atoms with Crippen LogP contribution in [0.4, 0.5) is 0 Å². The van der Waals surface area contributed by atoms with E-state index in [2.05, 4.69) is 5.32 Å². The molecule has 0 spiro atoms. The minimum absolute atomic E-state index is 0.105. The number of hydrogen-bond donors (Lipinski definition) is 1. The topological polar surface area (TPSA) is 42.2 Å². The van der Waals surface area contributed by atoms with Gasteiger partial charge in [-0.25, -0.2) is 0 Å². The first-order valence-corrected chi connectivity index (χ1v) is 4.20. The van der Waals surface area contributed by atoms with Crippen molar-refractivity contribution in [2.45, 2.75) is 19.9 Å². The third-order valence-corrected chi connectivity index (χ3v) is 1.37. The molecule has 0 fully saturated rings. The zero-order chi connectivity index (χ0) is 9.68. The fraction of sp³-hybridized carbons (Fsp3) is 0.300. The molecule has 0 bridgehead atoms. The van der Waals surface area contributed by atoms with Gasteiger partial charge in [-0.2, -0.15) is 0 Å². The molecule has 1 aromatic rings. The summed E-state index contributed by atoms with van der Waals surface area (Å²) in [4.78, 5) is 11.1. The lowest BCUT2D eigenvalue weighted by Crippen LogP contribution is -2.28. The highest BCUT2D eigenvalue weighted by molar-refractivity contribution is 5.91. The van der Waals surface area contributed by atoms with Gasteiger partial charge < -0.3 is 9.73 Å². The predicted octanol–water partition coefficient (Wildman–Crippen LogP) is 1.82. The number of carbonyl (C=O) groups is 1. The van der Waals surface area contributed by atoms with Crippen molar-refractivity contribution in [1.29, 1.82) is 0 Å². The largest absolute Gasteiger partial charge is 0.465 e. The Morgan fingerprint density at radius 3 is 2.92 bits per heavy atom. The first-order chi connectivity index (χ1) is 6.18. The Morgan fingerprint density at radius 2 is 2.38 bits per heavy atom. The SMILES string of the molecule is CC(C)NC(=O)C=Cc1ccco1. The second-order valence-corrected chi connectivity index (χ2v) is 3.01. The molecule has 0 saturated heterocycles. The van der Waals surface area contributed by atoms with Crippen LogP contribution in [0.3, 0.4) is 0 Å². The number of furan rings is 1. The molecule has 0 aliphatic heterocycles. The molecule has 0 aliphatic rings. The molecule has 1 aromatic heterocycles. The van der Waals surface area contributed by atoms with Gasteiger partial charge in [-0.15, -0.1) is 0 Å². The van der Waals surface area contributed by atoms with Crippen molar-refractivity contribution in [1.82, 2.24) is 5.32 Å². The molecule has 1 heterocycles. The highest BCUT2D eigenvalue weighted by Gasteiger charge is 1.97. The Bertz CT molecular complexity index is 286. The van der Waals surface area contributed by atoms with E-state index in [1.54, 1.807) is 24.5 Å². The Labute approximate surface area is 77.4 Å². The van der Waals surface area contributed by atoms with Crippen LogP contribution in [0.5, 0.6) is 0 Å². The lowest BCUT2D eigenvalue weighted by atomic mass is 10.3. The van der Waals surface area contributed by atoms with E-state index < -0.39 is 0 Å². The van der Waals surface area contributed by atoms with E-state index >= 15 is 0 Å². The van der Waals surface area contributed by atoms with Crippen molar-refractivity contribution in [2.75, 3.05) is 0 Å². The average molecular weight is 179 g/mol. The number of carbonyl (C=O) groups excluding carboxylic acids is 1. The first-order valence-electron chi connectivity index (χ1n) is 4.20. The highest BCUT2D eigenvalue weighted by Crippen LogP contribution is 2.01. The van der Waals surface area contributed by atoms with Crippen molar-refractivity contribution < 1.29 is 9.21 Å². The van der Waals surface area contributed by atoms with Crippen molar-refractivity contribution in [3.63, 3.8) is 0 Å². The quantitative estimate of drug-likeness (QED) is 0.719. The smallest absolute Gasteiger partial charge is 0.244 e. The van der Waals surface area contributed by atoms with E-state index in [1.165, 1.54) is 6.08 Å². The summed E-state index contributed by atoms with van der Waals surface area (Å²) in [6.45, 7) is 3.83. The monoisotopic (exact) mass is 179 g/mol. The summed E-state index contributed by atoms with van der Waals surface area (Å²) in [6, 6.07) is 3.73. The van der Waals surface area contributed by atoms with Gasteiger partial charge in [-0.05, 0) is 32.1 Å². The summed E-state index contributed by atoms with van der Waals surface area (Å²) in [5.74, 6) is 0.574. The molecule has 0 saturated carbocycles. The van der Waals surface area contributed by atoms with Gasteiger partial charge in [-0.3, -0.25) is 4.79 Å². The van der Waals surface area contributed by atoms with Gasteiger partial charge in [0.05, 0.1) is 6.26 Å². The van der Waals surface area contributed by atoms with Crippen LogP contribution in [-0.2, 0) is 4.79 Å². The van der Waals surface area contributed by atoms with E-state index in [0.29, 0.717) is 5.76 Å². The first kappa shape index (κ1) is 9.58. The second kappa shape index (κ2) is 4.50. The van der Waals surface area contributed by atoms with Crippen LogP contribution in [0.1, 0.15) is 19.6 Å². The van der Waals surface area contributed by atoms with Gasteiger partial charge in [0.25, 0.3) is 0 Å². The normalized spacial score (nSPS) is 11.0. The molecule has 0 aliphatic carbocycles. The molecule has 0 aromatic carbocycles. The summed E-state index contributed by atoms with van der Waals surface area (Å²) in [7, 11) is 0. The Kier molecular flexibility index (Phi) is 3.31. The number of rotatable bonds is 3. The summed E-state index contributed by atoms with van der Waals surface area (Å²) in [5.41, 5.74) is 0. The minimum Gasteiger partial charge on any atom is -0.465 e. The zero-order valence-corrected chi connectivity index (χ0v) is 7.78. The number of hydrogen-bond acceptors (Lipinski definition) is 2. The van der Waals surface area contributed by atoms with Crippen molar-refractivity contribution in [2.24, 2.45) is 0 Å². The van der Waals surface area contributed by atoms with Gasteiger partial charge in [0.1, 0.15) is 5.76 Å². The third kappa shape index (κ3) is 3.60. The molecule has 3 nitrogen and oxygen atoms in total. The van der Waals surface area contributed by atoms with Crippen LogP contribution in [-0.4, -0.2) is 11.9 Å². The molecule has 13 heavy (non-hydrogen) atoms. The summed E-state index contributed by atoms with van der Waals surface area (Å²) in [5, 5.41) is 2.74. The lowest BCUT2D eigenvalue weighted by molar-refractivity contribution is -0.116. The summed E-state index contributed by atoms with van der Waals surface area (Å²) >= 11 is 0. The lowest BCUT2D eigenvalue weighted by Gasteiger charge is -2.03. The molecular formula is C10H13NO2. The number of amides is 1. The van der Waals surface area contributed by atoms with E-state index in [4.69, 9.17) is 4.42 Å². The predicted molar refractivity (Wildman–Crippen MR) is 51.0 cm³/mol. The molecule has 1 rings (SSSR count). The van der Waals surface area contributed by atoms with Crippen molar-refractivity contribution in [3.8, 4) is 0 Å². The number of nitrogens with one attached hydrogen (secondary N) is 1. The van der Waals surface area contributed by atoms with E-state index in [0.717, 1.165) is 0 Å². The van der Waals surface area contributed by atoms with Crippen LogP contribution >= 0.6 is 0 Å². The molecule has 0 atom stereocenters. The second-order valence-electron chi connectivity index (χ2n) is 3.01. The summed E-state index contributed by atoms with van der Waals surface area (Å²) < 4.78 is 5.02. The van der Waals surface area contributed by atoms with Crippen LogP contribution in [0, 0.1) is 0 Å². The van der Waals surface area contributed by atoms with Gasteiger partial charge in [0.2, 0.25) is 5.91 Å². The Hall–Kier alpha value is -1.51. The molecule has 0 unspecified atom stereocenters. The maximum atomic E-state index is 11.1. The van der Waals surface area contributed by atoms with Crippen molar-refractivity contribution >= 4 is 12.0 Å². The molecule has 1 N–H and O–H groups in total. The van der Waals surface area contributed by atoms with Crippen LogP contribution in [0.2, 0.25) is 0 Å². The molecular weight excluding hydrogens is 166 g/mol. The molecule has 0 radical (unpaired) electrons. The van der Waals surface area contributed by atoms with Gasteiger partial charge in [0.15, 0.2) is 0 Å². The van der Waals surface area contributed by atoms with Gasteiger partial charge >= 0.3 is 0 Å². The minimum atomic E-state index is -0.105. The zero-order valence-electron chi connectivity index (χ0n) is 7.78. The molecule has 70 valence electrons. The Balaban J connectivity index is 2.44. The van der Waals surface area contributed by atoms with Crippen LogP contribution in [0.15, 0.2) is 28.9 Å². The van der Waals surface area contributed by atoms with Crippen LogP contribution in [0.25, 0.3) is 6.08 Å².